The first-order chi connectivity index (χ1) is 15.0. The van der Waals surface area contributed by atoms with Crippen molar-refractivity contribution >= 4 is 22.8 Å². The molecule has 0 N–H and O–H groups in total. The van der Waals surface area contributed by atoms with E-state index >= 15 is 0 Å². The summed E-state index contributed by atoms with van der Waals surface area (Å²) in [4.78, 5) is 16.7. The van der Waals surface area contributed by atoms with Crippen molar-refractivity contribution in [1.29, 1.82) is 0 Å². The number of thiophene rings is 1. The number of aromatic nitrogens is 2. The largest absolute Gasteiger partial charge is 0.347 e. The fourth-order valence-electron chi connectivity index (χ4n) is 4.32. The van der Waals surface area contributed by atoms with Gasteiger partial charge in [-0.2, -0.15) is 5.10 Å². The van der Waals surface area contributed by atoms with Gasteiger partial charge in [-0.1, -0.05) is 56.3 Å². The van der Waals surface area contributed by atoms with Crippen LogP contribution in [0.25, 0.3) is 16.3 Å². The summed E-state index contributed by atoms with van der Waals surface area (Å²) in [6.07, 6.45) is 3.63. The Bertz CT molecular complexity index is 1280. The standard InChI is InChI=1S/C26H23N3OS/c1-26(2)20-12-7-8-13-21(20)28(3)24(26)16-22(30)19-17-29(18-10-5-4-6-11-18)27-25(19)23-14-9-15-31-23/h4-17H,1-3H3. The number of nitrogens with zero attached hydrogens (tertiary/aromatic N) is 3. The molecular formula is C26H23N3OS. The molecule has 0 fully saturated rings. The van der Waals surface area contributed by atoms with E-state index in [1.165, 1.54) is 5.56 Å². The van der Waals surface area contributed by atoms with E-state index in [0.29, 0.717) is 5.56 Å². The average molecular weight is 426 g/mol. The summed E-state index contributed by atoms with van der Waals surface area (Å²) in [5.41, 5.74) is 5.37. The first kappa shape index (κ1) is 19.5. The predicted molar refractivity (Wildman–Crippen MR) is 127 cm³/mol. The maximum atomic E-state index is 13.6. The highest BCUT2D eigenvalue weighted by atomic mass is 32.1. The molecule has 0 saturated heterocycles. The molecule has 0 aliphatic carbocycles. The molecule has 0 atom stereocenters. The van der Waals surface area contributed by atoms with Gasteiger partial charge in [0.05, 0.1) is 16.1 Å². The van der Waals surface area contributed by atoms with Crippen molar-refractivity contribution in [2.45, 2.75) is 19.3 Å². The second-order valence-electron chi connectivity index (χ2n) is 8.24. The van der Waals surface area contributed by atoms with Crippen molar-refractivity contribution in [2.75, 3.05) is 11.9 Å². The van der Waals surface area contributed by atoms with Gasteiger partial charge >= 0.3 is 0 Å². The second-order valence-corrected chi connectivity index (χ2v) is 9.19. The van der Waals surface area contributed by atoms with E-state index in [0.717, 1.165) is 27.6 Å². The number of hydrogen-bond donors (Lipinski definition) is 0. The number of rotatable bonds is 4. The minimum atomic E-state index is -0.250. The maximum absolute atomic E-state index is 13.6. The molecular weight excluding hydrogens is 402 g/mol. The van der Waals surface area contributed by atoms with Gasteiger partial charge in [-0.25, -0.2) is 4.68 Å². The van der Waals surface area contributed by atoms with Crippen LogP contribution in [-0.4, -0.2) is 22.6 Å². The van der Waals surface area contributed by atoms with Crippen molar-refractivity contribution in [3.8, 4) is 16.3 Å². The minimum Gasteiger partial charge on any atom is -0.347 e. The summed E-state index contributed by atoms with van der Waals surface area (Å²) in [6, 6.07) is 22.2. The van der Waals surface area contributed by atoms with Crippen molar-refractivity contribution in [3.05, 3.63) is 101 Å². The zero-order chi connectivity index (χ0) is 21.6. The molecule has 154 valence electrons. The molecule has 4 aromatic rings. The zero-order valence-electron chi connectivity index (χ0n) is 17.7. The van der Waals surface area contributed by atoms with Crippen molar-refractivity contribution in [3.63, 3.8) is 0 Å². The molecule has 0 radical (unpaired) electrons. The van der Waals surface area contributed by atoms with E-state index in [1.807, 2.05) is 67.2 Å². The van der Waals surface area contributed by atoms with Gasteiger partial charge in [0.15, 0.2) is 5.78 Å². The molecule has 0 unspecified atom stereocenters. The predicted octanol–water partition coefficient (Wildman–Crippen LogP) is 6.10. The third-order valence-electron chi connectivity index (χ3n) is 5.96. The molecule has 2 aromatic carbocycles. The lowest BCUT2D eigenvalue weighted by Crippen LogP contribution is -2.24. The van der Waals surface area contributed by atoms with Gasteiger partial charge in [0.2, 0.25) is 0 Å². The lowest BCUT2D eigenvalue weighted by molar-refractivity contribution is 0.104. The monoisotopic (exact) mass is 425 g/mol. The van der Waals surface area contributed by atoms with Crippen LogP contribution in [0.5, 0.6) is 0 Å². The Morgan fingerprint density at radius 1 is 1.00 bits per heavy atom. The number of anilines is 1. The Kier molecular flexibility index (Phi) is 4.63. The number of allylic oxidation sites excluding steroid dienone is 2. The molecule has 5 rings (SSSR count). The Balaban J connectivity index is 1.61. The van der Waals surface area contributed by atoms with E-state index in [1.54, 1.807) is 22.1 Å². The van der Waals surface area contributed by atoms with Gasteiger partial charge in [0, 0.05) is 36.1 Å². The van der Waals surface area contributed by atoms with Crippen LogP contribution < -0.4 is 4.90 Å². The number of hydrogen-bond acceptors (Lipinski definition) is 4. The summed E-state index contributed by atoms with van der Waals surface area (Å²) in [6.45, 7) is 4.34. The number of benzene rings is 2. The van der Waals surface area contributed by atoms with Crippen LogP contribution in [0.3, 0.4) is 0 Å². The average Bonchev–Trinajstić information content (AvgIpc) is 3.50. The quantitative estimate of drug-likeness (QED) is 0.293. The zero-order valence-corrected chi connectivity index (χ0v) is 18.6. The van der Waals surface area contributed by atoms with Crippen LogP contribution >= 0.6 is 11.3 Å². The van der Waals surface area contributed by atoms with Gasteiger partial charge < -0.3 is 4.90 Å². The maximum Gasteiger partial charge on any atom is 0.191 e. The summed E-state index contributed by atoms with van der Waals surface area (Å²) in [7, 11) is 2.03. The highest BCUT2D eigenvalue weighted by Gasteiger charge is 2.38. The molecule has 31 heavy (non-hydrogen) atoms. The lowest BCUT2D eigenvalue weighted by Gasteiger charge is -2.23. The van der Waals surface area contributed by atoms with E-state index < -0.39 is 0 Å². The van der Waals surface area contributed by atoms with E-state index in [-0.39, 0.29) is 11.2 Å². The number of fused-ring (bicyclic) bond motifs is 1. The molecule has 1 aliphatic rings. The van der Waals surface area contributed by atoms with Crippen LogP contribution in [0.1, 0.15) is 29.8 Å². The third kappa shape index (κ3) is 3.22. The molecule has 2 aromatic heterocycles. The molecule has 1 aliphatic heterocycles. The SMILES string of the molecule is CN1C(=CC(=O)c2cn(-c3ccccc3)nc2-c2cccs2)C(C)(C)c2ccccc21. The van der Waals surface area contributed by atoms with Gasteiger partial charge in [-0.05, 0) is 35.2 Å². The molecule has 0 saturated carbocycles. The highest BCUT2D eigenvalue weighted by Crippen LogP contribution is 2.46. The van der Waals surface area contributed by atoms with Crippen molar-refractivity contribution in [2.24, 2.45) is 0 Å². The number of para-hydroxylation sites is 2. The van der Waals surface area contributed by atoms with Crippen molar-refractivity contribution in [1.82, 2.24) is 9.78 Å². The van der Waals surface area contributed by atoms with E-state index in [4.69, 9.17) is 5.10 Å². The summed E-state index contributed by atoms with van der Waals surface area (Å²) < 4.78 is 1.79. The molecule has 5 heteroatoms. The molecule has 0 bridgehead atoms. The van der Waals surface area contributed by atoms with Gasteiger partial charge in [0.1, 0.15) is 5.69 Å². The summed E-state index contributed by atoms with van der Waals surface area (Å²) in [5, 5.41) is 6.78. The van der Waals surface area contributed by atoms with Gasteiger partial charge in [0.25, 0.3) is 0 Å². The number of ketones is 1. The first-order valence-corrected chi connectivity index (χ1v) is 11.1. The summed E-state index contributed by atoms with van der Waals surface area (Å²) in [5.74, 6) is -0.0340. The topological polar surface area (TPSA) is 38.1 Å². The first-order valence-electron chi connectivity index (χ1n) is 10.3. The molecule has 4 nitrogen and oxygen atoms in total. The normalized spacial score (nSPS) is 16.0. The van der Waals surface area contributed by atoms with Crippen LogP contribution in [0.2, 0.25) is 0 Å². The molecule has 3 heterocycles. The van der Waals surface area contributed by atoms with E-state index in [9.17, 15) is 4.79 Å². The Morgan fingerprint density at radius 2 is 1.74 bits per heavy atom. The Morgan fingerprint density at radius 3 is 2.45 bits per heavy atom. The molecule has 0 spiro atoms. The highest BCUT2D eigenvalue weighted by molar-refractivity contribution is 7.13. The van der Waals surface area contributed by atoms with Crippen LogP contribution in [0.15, 0.2) is 90.1 Å². The van der Waals surface area contributed by atoms with Crippen molar-refractivity contribution < 1.29 is 4.79 Å². The number of carbonyl (C=O) groups is 1. The second kappa shape index (κ2) is 7.36. The fraction of sp³-hybridized carbons (Fsp3) is 0.154. The van der Waals surface area contributed by atoms with Crippen LogP contribution in [0.4, 0.5) is 5.69 Å². The Hall–Kier alpha value is -3.44. The van der Waals surface area contributed by atoms with Gasteiger partial charge in [-0.15, -0.1) is 11.3 Å². The number of likely N-dealkylation sites (N-methyl/N-ethyl adjacent to an activating group) is 1. The third-order valence-corrected chi connectivity index (χ3v) is 6.84. The molecule has 0 amide bonds. The smallest absolute Gasteiger partial charge is 0.191 e. The van der Waals surface area contributed by atoms with Gasteiger partial charge in [-0.3, -0.25) is 4.79 Å². The van der Waals surface area contributed by atoms with Crippen LogP contribution in [-0.2, 0) is 5.41 Å². The number of carbonyl (C=O) groups excluding carboxylic acids is 1. The Labute approximate surface area is 186 Å². The lowest BCUT2D eigenvalue weighted by atomic mass is 9.83. The summed E-state index contributed by atoms with van der Waals surface area (Å²) >= 11 is 1.59. The van der Waals surface area contributed by atoms with Crippen LogP contribution in [0, 0.1) is 0 Å². The van der Waals surface area contributed by atoms with E-state index in [2.05, 4.69) is 36.9 Å². The minimum absolute atomic E-state index is 0.0340. The fourth-order valence-corrected chi connectivity index (χ4v) is 5.05.